The van der Waals surface area contributed by atoms with Crippen LogP contribution in [0.15, 0.2) is 18.6 Å². The molecule has 2 heterocycles. The molecule has 0 bridgehead atoms. The molecule has 0 aromatic carbocycles. The zero-order valence-electron chi connectivity index (χ0n) is 21.3. The number of Topliss-reactive ketones (excluding diaryl/α,β-unsaturated/α-hetero) is 1. The molecule has 2 aliphatic carbocycles. The number of ketones is 1. The van der Waals surface area contributed by atoms with E-state index in [0.717, 1.165) is 41.5 Å². The van der Waals surface area contributed by atoms with Gasteiger partial charge < -0.3 is 10.0 Å². The molecule has 13 heteroatoms. The first-order valence-electron chi connectivity index (χ1n) is 12.8. The molecule has 39 heavy (non-hydrogen) atoms. The van der Waals surface area contributed by atoms with E-state index in [1.165, 1.54) is 12.4 Å². The van der Waals surface area contributed by atoms with Gasteiger partial charge in [0.15, 0.2) is 11.5 Å². The summed E-state index contributed by atoms with van der Waals surface area (Å²) in [6.45, 7) is 1.17. The minimum atomic E-state index is -4.91. The maximum absolute atomic E-state index is 14.4. The lowest BCUT2D eigenvalue weighted by Crippen LogP contribution is -2.40. The number of halogens is 5. The van der Waals surface area contributed by atoms with Crippen LogP contribution in [0, 0.1) is 11.3 Å². The highest BCUT2D eigenvalue weighted by Gasteiger charge is 2.45. The maximum Gasteiger partial charge on any atom is 0.433 e. The van der Waals surface area contributed by atoms with Gasteiger partial charge in [-0.3, -0.25) is 24.0 Å². The van der Waals surface area contributed by atoms with Gasteiger partial charge in [0.25, 0.3) is 5.91 Å². The van der Waals surface area contributed by atoms with E-state index in [1.54, 1.807) is 6.92 Å². The topological polar surface area (TPSA) is 105 Å². The molecule has 8 nitrogen and oxygen atoms in total. The third-order valence-electron chi connectivity index (χ3n) is 7.92. The number of aromatic nitrogens is 3. The zero-order chi connectivity index (χ0) is 28.5. The Morgan fingerprint density at radius 1 is 1.08 bits per heavy atom. The Morgan fingerprint density at radius 2 is 1.67 bits per heavy atom. The van der Waals surface area contributed by atoms with Gasteiger partial charge in [-0.25, -0.2) is 0 Å². The molecule has 1 N–H and O–H groups in total. The molecular formula is C26H29Cl2F3N4O4. The minimum absolute atomic E-state index is 0.0183. The summed E-state index contributed by atoms with van der Waals surface area (Å²) in [4.78, 5) is 43.4. The third kappa shape index (κ3) is 6.24. The number of nitrogens with zero attached hydrogens (tertiary/aromatic N) is 4. The van der Waals surface area contributed by atoms with Gasteiger partial charge in [-0.15, -0.1) is 0 Å². The van der Waals surface area contributed by atoms with Crippen LogP contribution in [0.25, 0.3) is 0 Å². The monoisotopic (exact) mass is 588 g/mol. The van der Waals surface area contributed by atoms with E-state index in [2.05, 4.69) is 10.1 Å². The van der Waals surface area contributed by atoms with Crippen molar-refractivity contribution in [3.63, 3.8) is 0 Å². The molecular weight excluding hydrogens is 560 g/mol. The largest absolute Gasteiger partial charge is 0.481 e. The lowest BCUT2D eigenvalue weighted by atomic mass is 9.74. The summed E-state index contributed by atoms with van der Waals surface area (Å²) in [6, 6.07) is -0.713. The number of aliphatic carboxylic acids is 1. The van der Waals surface area contributed by atoms with Gasteiger partial charge in [-0.2, -0.15) is 18.3 Å². The molecule has 4 rings (SSSR count). The molecule has 2 aliphatic rings. The van der Waals surface area contributed by atoms with Crippen molar-refractivity contribution in [1.82, 2.24) is 19.7 Å². The van der Waals surface area contributed by atoms with E-state index in [1.807, 2.05) is 0 Å². The summed E-state index contributed by atoms with van der Waals surface area (Å²) in [5.41, 5.74) is -2.91. The van der Waals surface area contributed by atoms with E-state index in [4.69, 9.17) is 23.2 Å². The first-order valence-corrected chi connectivity index (χ1v) is 13.6. The predicted octanol–water partition coefficient (Wildman–Crippen LogP) is 6.33. The number of carboxylic acid groups (broad SMARTS) is 1. The van der Waals surface area contributed by atoms with Crippen LogP contribution in [-0.4, -0.2) is 55.5 Å². The van der Waals surface area contributed by atoms with Crippen LogP contribution in [-0.2, 0) is 11.0 Å². The Bertz CT molecular complexity index is 1230. The van der Waals surface area contributed by atoms with Gasteiger partial charge >= 0.3 is 12.1 Å². The van der Waals surface area contributed by atoms with Gasteiger partial charge in [0, 0.05) is 18.9 Å². The van der Waals surface area contributed by atoms with Crippen molar-refractivity contribution in [2.45, 2.75) is 70.5 Å². The van der Waals surface area contributed by atoms with E-state index in [0.29, 0.717) is 0 Å². The lowest BCUT2D eigenvalue weighted by molar-refractivity contribution is -0.152. The third-order valence-corrected chi connectivity index (χ3v) is 8.50. The van der Waals surface area contributed by atoms with Gasteiger partial charge in [-0.05, 0) is 51.4 Å². The Balaban J connectivity index is 1.66. The first kappa shape index (κ1) is 29.3. The summed E-state index contributed by atoms with van der Waals surface area (Å²) in [5, 5.41) is 13.4. The quantitative estimate of drug-likeness (QED) is 0.361. The van der Waals surface area contributed by atoms with Crippen LogP contribution < -0.4 is 0 Å². The SMILES string of the molecule is C[C@]1(C(=O)O)CC[C@H](n2ncc(C(=O)N(CC(=O)c3c(Cl)cncc3Cl)CC3CCCC3)c2C(F)(F)F)CC1. The van der Waals surface area contributed by atoms with Crippen LogP contribution in [0.5, 0.6) is 0 Å². The molecule has 1 amide bonds. The van der Waals surface area contributed by atoms with Gasteiger partial charge in [0.1, 0.15) is 0 Å². The van der Waals surface area contributed by atoms with Crippen molar-refractivity contribution in [2.24, 2.45) is 11.3 Å². The van der Waals surface area contributed by atoms with Crippen molar-refractivity contribution in [3.8, 4) is 0 Å². The molecule has 2 saturated carbocycles. The van der Waals surface area contributed by atoms with Gasteiger partial charge in [0.2, 0.25) is 0 Å². The number of carbonyl (C=O) groups is 3. The maximum atomic E-state index is 14.4. The number of hydrogen-bond donors (Lipinski definition) is 1. The fourth-order valence-electron chi connectivity index (χ4n) is 5.60. The van der Waals surface area contributed by atoms with Crippen molar-refractivity contribution in [1.29, 1.82) is 0 Å². The van der Waals surface area contributed by atoms with Crippen molar-refractivity contribution in [3.05, 3.63) is 45.5 Å². The molecule has 0 unspecified atom stereocenters. The molecule has 2 fully saturated rings. The van der Waals surface area contributed by atoms with Crippen molar-refractivity contribution >= 4 is 40.9 Å². The number of alkyl halides is 3. The highest BCUT2D eigenvalue weighted by Crippen LogP contribution is 2.43. The van der Waals surface area contributed by atoms with Gasteiger partial charge in [-0.1, -0.05) is 36.0 Å². The molecule has 0 aliphatic heterocycles. The summed E-state index contributed by atoms with van der Waals surface area (Å²) < 4.78 is 44.0. The average molecular weight is 589 g/mol. The van der Waals surface area contributed by atoms with Crippen molar-refractivity contribution in [2.75, 3.05) is 13.1 Å². The smallest absolute Gasteiger partial charge is 0.433 e. The van der Waals surface area contributed by atoms with Crippen LogP contribution in [0.2, 0.25) is 10.0 Å². The second-order valence-electron chi connectivity index (χ2n) is 10.7. The minimum Gasteiger partial charge on any atom is -0.481 e. The summed E-state index contributed by atoms with van der Waals surface area (Å²) in [6.07, 6.45) is 2.63. The summed E-state index contributed by atoms with van der Waals surface area (Å²) >= 11 is 12.2. The molecule has 0 atom stereocenters. The molecule has 0 saturated heterocycles. The van der Waals surface area contributed by atoms with E-state index in [9.17, 15) is 32.7 Å². The molecule has 212 valence electrons. The first-order chi connectivity index (χ1) is 18.3. The second-order valence-corrected chi connectivity index (χ2v) is 11.5. The van der Waals surface area contributed by atoms with Crippen molar-refractivity contribution < 1.29 is 32.7 Å². The molecule has 0 spiro atoms. The molecule has 2 aromatic rings. The van der Waals surface area contributed by atoms with E-state index >= 15 is 0 Å². The zero-order valence-corrected chi connectivity index (χ0v) is 22.8. The Hall–Kier alpha value is -2.66. The van der Waals surface area contributed by atoms with Crippen LogP contribution in [0.4, 0.5) is 13.2 Å². The highest BCUT2D eigenvalue weighted by molar-refractivity contribution is 6.39. The molecule has 2 aromatic heterocycles. The number of rotatable bonds is 8. The van der Waals surface area contributed by atoms with E-state index in [-0.39, 0.29) is 53.8 Å². The Morgan fingerprint density at radius 3 is 2.21 bits per heavy atom. The normalized spacial score (nSPS) is 22.2. The summed E-state index contributed by atoms with van der Waals surface area (Å²) in [7, 11) is 0. The number of amides is 1. The number of pyridine rings is 1. The summed E-state index contributed by atoms with van der Waals surface area (Å²) in [5.74, 6) is -2.52. The standard InChI is InChI=1S/C26H29Cl2F3N4O4/c1-25(24(38)39)8-6-16(7-9-25)35-22(26(29,30)31)17(10-33-35)23(37)34(13-15-4-2-3-5-15)14-20(36)21-18(27)11-32-12-19(21)28/h10-12,15-16H,2-9,13-14H2,1H3,(H,38,39)/t16-,25-. The van der Waals surface area contributed by atoms with Crippen LogP contribution in [0.1, 0.15) is 90.7 Å². The predicted molar refractivity (Wildman–Crippen MR) is 137 cm³/mol. The fourth-order valence-corrected chi connectivity index (χ4v) is 6.18. The number of carboxylic acids is 1. The van der Waals surface area contributed by atoms with Crippen LogP contribution in [0.3, 0.4) is 0 Å². The van der Waals surface area contributed by atoms with Crippen LogP contribution >= 0.6 is 23.2 Å². The second kappa shape index (κ2) is 11.4. The Kier molecular flexibility index (Phi) is 8.61. The number of hydrogen-bond acceptors (Lipinski definition) is 5. The number of carbonyl (C=O) groups excluding carboxylic acids is 2. The lowest BCUT2D eigenvalue weighted by Gasteiger charge is -2.34. The average Bonchev–Trinajstić information content (AvgIpc) is 3.53. The fraction of sp³-hybridized carbons (Fsp3) is 0.577. The Labute approximate surface area is 233 Å². The van der Waals surface area contributed by atoms with Gasteiger partial charge in [0.05, 0.1) is 45.4 Å². The van der Waals surface area contributed by atoms with E-state index < -0.39 is 53.1 Å². The highest BCUT2D eigenvalue weighted by atomic mass is 35.5. The molecule has 0 radical (unpaired) electrons.